The number of ether oxygens (including phenoxy) is 1. The predicted octanol–water partition coefficient (Wildman–Crippen LogP) is 3.93. The lowest BCUT2D eigenvalue weighted by Crippen LogP contribution is -2.45. The van der Waals surface area contributed by atoms with Gasteiger partial charge in [0, 0.05) is 17.2 Å². The van der Waals surface area contributed by atoms with Crippen molar-refractivity contribution < 1.29 is 9.53 Å². The Kier molecular flexibility index (Phi) is 7.77. The zero-order chi connectivity index (χ0) is 17.3. The van der Waals surface area contributed by atoms with E-state index in [-0.39, 0.29) is 30.7 Å². The van der Waals surface area contributed by atoms with Gasteiger partial charge in [0.2, 0.25) is 5.91 Å². The van der Waals surface area contributed by atoms with Gasteiger partial charge in [0.25, 0.3) is 0 Å². The number of nitrogens with one attached hydrogen (secondary N) is 1. The Hall–Kier alpha value is -1.47. The number of nitrogens with zero attached hydrogens (tertiary/aromatic N) is 1. The number of carbonyl (C=O) groups excluding carboxylic acids is 1. The number of likely N-dealkylation sites (N-methyl/N-ethyl adjacent to an activating group) is 1. The Morgan fingerprint density at radius 2 is 1.88 bits per heavy atom. The van der Waals surface area contributed by atoms with Crippen molar-refractivity contribution in [2.24, 2.45) is 5.73 Å². The molecule has 0 spiro atoms. The Morgan fingerprint density at radius 3 is 2.54 bits per heavy atom. The van der Waals surface area contributed by atoms with Crippen LogP contribution in [-0.4, -0.2) is 26.1 Å². The van der Waals surface area contributed by atoms with Gasteiger partial charge in [-0.2, -0.15) is 0 Å². The van der Waals surface area contributed by atoms with Crippen LogP contribution in [0.4, 0.5) is 11.4 Å². The smallest absolute Gasteiger partial charge is 0.248 e. The van der Waals surface area contributed by atoms with Crippen LogP contribution < -0.4 is 20.7 Å². The minimum absolute atomic E-state index is 0. The largest absolute Gasteiger partial charge is 0.490 e. The van der Waals surface area contributed by atoms with Crippen molar-refractivity contribution in [2.45, 2.75) is 12.5 Å². The number of hydrogen-bond acceptors (Lipinski definition) is 4. The third kappa shape index (κ3) is 4.62. The maximum absolute atomic E-state index is 12.7. The molecular weight excluding hydrogens is 441 g/mol. The van der Waals surface area contributed by atoms with E-state index in [0.717, 1.165) is 28.0 Å². The van der Waals surface area contributed by atoms with Crippen LogP contribution in [0.5, 0.6) is 5.75 Å². The molecule has 1 heterocycles. The number of anilines is 2. The zero-order valence-electron chi connectivity index (χ0n) is 14.5. The van der Waals surface area contributed by atoms with Gasteiger partial charge in [0.15, 0.2) is 0 Å². The van der Waals surface area contributed by atoms with Crippen LogP contribution in [0.2, 0.25) is 0 Å². The molecule has 8 heteroatoms. The van der Waals surface area contributed by atoms with Crippen molar-refractivity contribution in [3.05, 3.63) is 52.5 Å². The van der Waals surface area contributed by atoms with Crippen molar-refractivity contribution >= 4 is 58.0 Å². The van der Waals surface area contributed by atoms with Gasteiger partial charge in [-0.15, -0.1) is 24.8 Å². The summed E-state index contributed by atoms with van der Waals surface area (Å²) in [6, 6.07) is 13.0. The molecule has 1 aliphatic rings. The van der Waals surface area contributed by atoms with Crippen LogP contribution in [0, 0.1) is 0 Å². The summed E-state index contributed by atoms with van der Waals surface area (Å²) in [4.78, 5) is 14.8. The lowest BCUT2D eigenvalue weighted by Gasteiger charge is -2.29. The number of halogens is 3. The summed E-state index contributed by atoms with van der Waals surface area (Å²) in [5, 5.41) is 2.91. The van der Waals surface area contributed by atoms with Gasteiger partial charge in [-0.25, -0.2) is 0 Å². The van der Waals surface area contributed by atoms with Gasteiger partial charge in [-0.1, -0.05) is 28.1 Å². The molecule has 26 heavy (non-hydrogen) atoms. The first-order valence-corrected chi connectivity index (χ1v) is 8.51. The molecule has 0 aromatic heterocycles. The number of rotatable bonds is 3. The molecule has 5 nitrogen and oxygen atoms in total. The van der Waals surface area contributed by atoms with Crippen molar-refractivity contribution in [1.29, 1.82) is 0 Å². The highest BCUT2D eigenvalue weighted by atomic mass is 79.9. The highest BCUT2D eigenvalue weighted by Gasteiger charge is 2.30. The SMILES string of the molecule is CN1CCOc2ccc(NC(=O)C(C)(N)c3ccc(Br)cc3)cc21.Cl.Cl. The fourth-order valence-corrected chi connectivity index (χ4v) is 2.88. The van der Waals surface area contributed by atoms with E-state index in [1.54, 1.807) is 6.92 Å². The van der Waals surface area contributed by atoms with E-state index in [0.29, 0.717) is 12.3 Å². The molecular formula is C18H22BrCl2N3O2. The van der Waals surface area contributed by atoms with Crippen molar-refractivity contribution in [2.75, 3.05) is 30.4 Å². The number of fused-ring (bicyclic) bond motifs is 1. The number of carbonyl (C=O) groups is 1. The highest BCUT2D eigenvalue weighted by Crippen LogP contribution is 2.33. The number of hydrogen-bond donors (Lipinski definition) is 2. The third-order valence-electron chi connectivity index (χ3n) is 4.23. The second kappa shape index (κ2) is 8.95. The van der Waals surface area contributed by atoms with E-state index in [4.69, 9.17) is 10.5 Å². The van der Waals surface area contributed by atoms with Gasteiger partial charge in [-0.05, 0) is 42.8 Å². The maximum Gasteiger partial charge on any atom is 0.248 e. The molecule has 3 N–H and O–H groups in total. The van der Waals surface area contributed by atoms with E-state index in [9.17, 15) is 4.79 Å². The minimum Gasteiger partial charge on any atom is -0.490 e. The second-order valence-corrected chi connectivity index (χ2v) is 7.03. The molecule has 0 saturated carbocycles. The monoisotopic (exact) mass is 461 g/mol. The molecule has 0 radical (unpaired) electrons. The molecule has 2 aromatic rings. The van der Waals surface area contributed by atoms with Gasteiger partial charge < -0.3 is 20.7 Å². The quantitative estimate of drug-likeness (QED) is 0.724. The molecule has 1 amide bonds. The first-order valence-electron chi connectivity index (χ1n) is 7.72. The second-order valence-electron chi connectivity index (χ2n) is 6.12. The predicted molar refractivity (Wildman–Crippen MR) is 114 cm³/mol. The summed E-state index contributed by atoms with van der Waals surface area (Å²) in [7, 11) is 2.00. The molecule has 1 atom stereocenters. The van der Waals surface area contributed by atoms with Gasteiger partial charge in [-0.3, -0.25) is 4.79 Å². The zero-order valence-corrected chi connectivity index (χ0v) is 17.7. The lowest BCUT2D eigenvalue weighted by molar-refractivity contribution is -0.120. The molecule has 142 valence electrons. The molecule has 2 aromatic carbocycles. The van der Waals surface area contributed by atoms with Gasteiger partial charge in [0.05, 0.1) is 12.2 Å². The van der Waals surface area contributed by atoms with Crippen LogP contribution >= 0.6 is 40.7 Å². The van der Waals surface area contributed by atoms with Crippen LogP contribution in [0.1, 0.15) is 12.5 Å². The summed E-state index contributed by atoms with van der Waals surface area (Å²) in [5.74, 6) is 0.564. The van der Waals surface area contributed by atoms with E-state index in [1.807, 2.05) is 49.5 Å². The average Bonchev–Trinajstić information content (AvgIpc) is 2.56. The summed E-state index contributed by atoms with van der Waals surface area (Å²) in [6.45, 7) is 3.19. The van der Waals surface area contributed by atoms with Gasteiger partial charge >= 0.3 is 0 Å². The summed E-state index contributed by atoms with van der Waals surface area (Å²) in [5.41, 5.74) is 7.57. The molecule has 0 saturated heterocycles. The maximum atomic E-state index is 12.7. The Bertz CT molecular complexity index is 770. The summed E-state index contributed by atoms with van der Waals surface area (Å²) >= 11 is 3.39. The molecule has 3 rings (SSSR count). The van der Waals surface area contributed by atoms with Crippen molar-refractivity contribution in [3.8, 4) is 5.75 Å². The average molecular weight is 463 g/mol. The molecule has 1 aliphatic heterocycles. The third-order valence-corrected chi connectivity index (χ3v) is 4.76. The van der Waals surface area contributed by atoms with E-state index in [1.165, 1.54) is 0 Å². The fraction of sp³-hybridized carbons (Fsp3) is 0.278. The Morgan fingerprint density at radius 1 is 1.23 bits per heavy atom. The van der Waals surface area contributed by atoms with Crippen LogP contribution in [-0.2, 0) is 10.3 Å². The molecule has 0 fully saturated rings. The number of benzene rings is 2. The van der Waals surface area contributed by atoms with E-state index in [2.05, 4.69) is 26.1 Å². The normalized spacial score (nSPS) is 14.7. The van der Waals surface area contributed by atoms with Crippen molar-refractivity contribution in [1.82, 2.24) is 0 Å². The molecule has 1 unspecified atom stereocenters. The summed E-state index contributed by atoms with van der Waals surface area (Å²) < 4.78 is 6.56. The van der Waals surface area contributed by atoms with Crippen LogP contribution in [0.15, 0.2) is 46.9 Å². The van der Waals surface area contributed by atoms with Crippen LogP contribution in [0.25, 0.3) is 0 Å². The van der Waals surface area contributed by atoms with Crippen LogP contribution in [0.3, 0.4) is 0 Å². The number of amides is 1. The fourth-order valence-electron chi connectivity index (χ4n) is 2.62. The Labute approximate surface area is 174 Å². The van der Waals surface area contributed by atoms with E-state index < -0.39 is 5.54 Å². The number of nitrogens with two attached hydrogens (primary N) is 1. The van der Waals surface area contributed by atoms with Gasteiger partial charge in [0.1, 0.15) is 17.9 Å². The topological polar surface area (TPSA) is 67.6 Å². The first kappa shape index (κ1) is 22.6. The first-order chi connectivity index (χ1) is 11.4. The van der Waals surface area contributed by atoms with Crippen molar-refractivity contribution in [3.63, 3.8) is 0 Å². The highest BCUT2D eigenvalue weighted by molar-refractivity contribution is 9.10. The standard InChI is InChI=1S/C18H20BrN3O2.2ClH/c1-18(20,12-3-5-13(19)6-4-12)17(23)21-14-7-8-16-15(11-14)22(2)9-10-24-16;;/h3-8,11H,9-10,20H2,1-2H3,(H,21,23);2*1H. The summed E-state index contributed by atoms with van der Waals surface area (Å²) in [6.07, 6.45) is 0. The molecule has 0 aliphatic carbocycles. The van der Waals surface area contributed by atoms with E-state index >= 15 is 0 Å². The lowest BCUT2D eigenvalue weighted by atomic mass is 9.92. The Balaban J connectivity index is 0.00000169. The molecule has 0 bridgehead atoms. The minimum atomic E-state index is -1.13.